The van der Waals surface area contributed by atoms with Crippen molar-refractivity contribution in [1.29, 1.82) is 0 Å². The van der Waals surface area contributed by atoms with Gasteiger partial charge in [0.1, 0.15) is 17.2 Å². The van der Waals surface area contributed by atoms with Gasteiger partial charge >= 0.3 is 5.69 Å². The van der Waals surface area contributed by atoms with Crippen molar-refractivity contribution < 1.29 is 4.79 Å². The van der Waals surface area contributed by atoms with E-state index in [0.29, 0.717) is 10.8 Å². The summed E-state index contributed by atoms with van der Waals surface area (Å²) in [6.07, 6.45) is 1.40. The Morgan fingerprint density at radius 2 is 1.88 bits per heavy atom. The molecule has 3 heterocycles. The number of hydrogen-bond acceptors (Lipinski definition) is 5. The minimum Gasteiger partial charge on any atom is -0.305 e. The molecule has 1 amide bonds. The van der Waals surface area contributed by atoms with E-state index in [0.717, 1.165) is 4.57 Å². The van der Waals surface area contributed by atoms with E-state index in [1.165, 1.54) is 37.0 Å². The van der Waals surface area contributed by atoms with Crippen LogP contribution in [-0.2, 0) is 14.1 Å². The first kappa shape index (κ1) is 15.9. The topological polar surface area (TPSA) is 98.9 Å². The molecule has 1 N–H and O–H groups in total. The molecule has 0 saturated carbocycles. The molecule has 0 unspecified atom stereocenters. The smallest absolute Gasteiger partial charge is 0.305 e. The quantitative estimate of drug-likeness (QED) is 0.745. The number of aromatic nitrogens is 4. The highest BCUT2D eigenvalue weighted by Gasteiger charge is 2.14. The Kier molecular flexibility index (Phi) is 3.90. The molecule has 122 valence electrons. The third-order valence-electron chi connectivity index (χ3n) is 3.50. The predicted octanol–water partition coefficient (Wildman–Crippen LogP) is 0.933. The van der Waals surface area contributed by atoms with Crippen molar-refractivity contribution in [2.24, 2.45) is 14.1 Å². The molecule has 9 heteroatoms. The minimum absolute atomic E-state index is 0.0579. The van der Waals surface area contributed by atoms with E-state index in [1.807, 2.05) is 0 Å². The highest BCUT2D eigenvalue weighted by atomic mass is 35.5. The van der Waals surface area contributed by atoms with Crippen LogP contribution in [0.5, 0.6) is 0 Å². The second kappa shape index (κ2) is 5.89. The van der Waals surface area contributed by atoms with Gasteiger partial charge in [-0.15, -0.1) is 0 Å². The Hall–Kier alpha value is -3.00. The van der Waals surface area contributed by atoms with Crippen LogP contribution in [0.2, 0.25) is 5.02 Å². The predicted molar refractivity (Wildman–Crippen MR) is 89.4 cm³/mol. The summed E-state index contributed by atoms with van der Waals surface area (Å²) in [4.78, 5) is 44.4. The molecule has 3 aromatic rings. The van der Waals surface area contributed by atoms with Gasteiger partial charge in [-0.3, -0.25) is 18.7 Å². The SMILES string of the molecule is Cn1c(=O)c2ccc(C(=O)Nc3ccc(Cl)cn3)nc2n(C)c1=O. The van der Waals surface area contributed by atoms with Gasteiger partial charge in [-0.25, -0.2) is 14.8 Å². The van der Waals surface area contributed by atoms with E-state index in [-0.39, 0.29) is 16.7 Å². The molecule has 0 radical (unpaired) electrons. The third-order valence-corrected chi connectivity index (χ3v) is 3.73. The van der Waals surface area contributed by atoms with Gasteiger partial charge in [-0.2, -0.15) is 0 Å². The van der Waals surface area contributed by atoms with Crippen LogP contribution in [0.1, 0.15) is 10.5 Å². The Morgan fingerprint density at radius 1 is 1.12 bits per heavy atom. The molecule has 3 aromatic heterocycles. The normalized spacial score (nSPS) is 10.8. The summed E-state index contributed by atoms with van der Waals surface area (Å²) in [6.45, 7) is 0. The average molecular weight is 346 g/mol. The van der Waals surface area contributed by atoms with Crippen LogP contribution in [0, 0.1) is 0 Å². The van der Waals surface area contributed by atoms with Crippen LogP contribution in [0.4, 0.5) is 5.82 Å². The lowest BCUT2D eigenvalue weighted by Gasteiger charge is -2.08. The minimum atomic E-state index is -0.517. The van der Waals surface area contributed by atoms with Crippen molar-refractivity contribution in [1.82, 2.24) is 19.1 Å². The molecule has 3 rings (SSSR count). The number of nitrogens with zero attached hydrogens (tertiary/aromatic N) is 4. The summed E-state index contributed by atoms with van der Waals surface area (Å²) in [5.41, 5.74) is -0.786. The van der Waals surface area contributed by atoms with Crippen LogP contribution in [-0.4, -0.2) is 25.0 Å². The number of pyridine rings is 2. The molecular formula is C15H12ClN5O3. The lowest BCUT2D eigenvalue weighted by atomic mass is 10.2. The summed E-state index contributed by atoms with van der Waals surface area (Å²) < 4.78 is 2.20. The molecule has 0 aliphatic heterocycles. The van der Waals surface area contributed by atoms with Gasteiger partial charge in [0.05, 0.1) is 10.4 Å². The van der Waals surface area contributed by atoms with Gasteiger partial charge < -0.3 is 5.32 Å². The Morgan fingerprint density at radius 3 is 2.54 bits per heavy atom. The summed E-state index contributed by atoms with van der Waals surface area (Å²) in [5, 5.41) is 3.27. The zero-order valence-corrected chi connectivity index (χ0v) is 13.5. The molecular weight excluding hydrogens is 334 g/mol. The van der Waals surface area contributed by atoms with Crippen LogP contribution < -0.4 is 16.6 Å². The third kappa shape index (κ3) is 2.67. The van der Waals surface area contributed by atoms with Crippen molar-refractivity contribution in [3.05, 3.63) is 62.0 Å². The number of hydrogen-bond donors (Lipinski definition) is 1. The Bertz CT molecular complexity index is 1070. The number of nitrogens with one attached hydrogen (secondary N) is 1. The zero-order valence-electron chi connectivity index (χ0n) is 12.8. The fourth-order valence-corrected chi connectivity index (χ4v) is 2.32. The van der Waals surface area contributed by atoms with E-state index in [4.69, 9.17) is 11.6 Å². The molecule has 8 nitrogen and oxygen atoms in total. The molecule has 0 aromatic carbocycles. The lowest BCUT2D eigenvalue weighted by Crippen LogP contribution is -2.37. The lowest BCUT2D eigenvalue weighted by molar-refractivity contribution is 0.102. The Labute approximate surface area is 140 Å². The molecule has 24 heavy (non-hydrogen) atoms. The average Bonchev–Trinajstić information content (AvgIpc) is 2.59. The summed E-state index contributed by atoms with van der Waals surface area (Å²) in [6, 6.07) is 6.02. The molecule has 0 aliphatic rings. The Balaban J connectivity index is 2.04. The molecule has 0 atom stereocenters. The van der Waals surface area contributed by atoms with E-state index in [9.17, 15) is 14.4 Å². The molecule has 0 fully saturated rings. The largest absolute Gasteiger partial charge is 0.332 e. The number of rotatable bonds is 2. The van der Waals surface area contributed by atoms with Crippen LogP contribution in [0.15, 0.2) is 40.1 Å². The van der Waals surface area contributed by atoms with Crippen molar-refractivity contribution >= 4 is 34.4 Å². The number of halogens is 1. The summed E-state index contributed by atoms with van der Waals surface area (Å²) >= 11 is 5.74. The van der Waals surface area contributed by atoms with Gasteiger partial charge in [0.25, 0.3) is 11.5 Å². The van der Waals surface area contributed by atoms with Crippen LogP contribution in [0.3, 0.4) is 0 Å². The first-order chi connectivity index (χ1) is 11.4. The first-order valence-electron chi connectivity index (χ1n) is 6.88. The molecule has 0 spiro atoms. The monoisotopic (exact) mass is 345 g/mol. The maximum Gasteiger partial charge on any atom is 0.332 e. The first-order valence-corrected chi connectivity index (χ1v) is 7.26. The highest BCUT2D eigenvalue weighted by Crippen LogP contribution is 2.11. The van der Waals surface area contributed by atoms with E-state index in [2.05, 4.69) is 15.3 Å². The number of amides is 1. The number of aryl methyl sites for hydroxylation is 1. The zero-order chi connectivity index (χ0) is 17.4. The standard InChI is InChI=1S/C15H12ClN5O3/c1-20-12-9(14(23)21(2)15(20)24)4-5-10(18-12)13(22)19-11-6-3-8(16)7-17-11/h3-7H,1-2H3,(H,17,19,22). The van der Waals surface area contributed by atoms with Gasteiger partial charge in [-0.05, 0) is 24.3 Å². The highest BCUT2D eigenvalue weighted by molar-refractivity contribution is 6.30. The van der Waals surface area contributed by atoms with Crippen LogP contribution >= 0.6 is 11.6 Å². The second-order valence-electron chi connectivity index (χ2n) is 5.09. The maximum absolute atomic E-state index is 12.3. The fraction of sp³-hybridized carbons (Fsp3) is 0.133. The summed E-state index contributed by atoms with van der Waals surface area (Å²) in [5.74, 6) is -0.205. The van der Waals surface area contributed by atoms with E-state index >= 15 is 0 Å². The van der Waals surface area contributed by atoms with E-state index in [1.54, 1.807) is 12.1 Å². The maximum atomic E-state index is 12.3. The fourth-order valence-electron chi connectivity index (χ4n) is 2.21. The number of carbonyl (C=O) groups excluding carboxylic acids is 1. The van der Waals surface area contributed by atoms with Gasteiger partial charge in [0.15, 0.2) is 0 Å². The van der Waals surface area contributed by atoms with Gasteiger partial charge in [-0.1, -0.05) is 11.6 Å². The van der Waals surface area contributed by atoms with Crippen molar-refractivity contribution in [3.63, 3.8) is 0 Å². The van der Waals surface area contributed by atoms with Crippen LogP contribution in [0.25, 0.3) is 11.0 Å². The van der Waals surface area contributed by atoms with Crippen molar-refractivity contribution in [2.45, 2.75) is 0 Å². The molecule has 0 bridgehead atoms. The number of fused-ring (bicyclic) bond motifs is 1. The van der Waals surface area contributed by atoms with E-state index < -0.39 is 17.2 Å². The molecule has 0 aliphatic carbocycles. The van der Waals surface area contributed by atoms with Gasteiger partial charge in [0.2, 0.25) is 0 Å². The number of anilines is 1. The summed E-state index contributed by atoms with van der Waals surface area (Å²) in [7, 11) is 2.87. The second-order valence-corrected chi connectivity index (χ2v) is 5.53. The molecule has 0 saturated heterocycles. The van der Waals surface area contributed by atoms with Gasteiger partial charge in [0, 0.05) is 20.3 Å². The number of carbonyl (C=O) groups is 1. The van der Waals surface area contributed by atoms with Crippen molar-refractivity contribution in [2.75, 3.05) is 5.32 Å². The van der Waals surface area contributed by atoms with Crippen molar-refractivity contribution in [3.8, 4) is 0 Å².